The summed E-state index contributed by atoms with van der Waals surface area (Å²) in [5.41, 5.74) is -0.524. The van der Waals surface area contributed by atoms with E-state index in [2.05, 4.69) is 5.32 Å². The summed E-state index contributed by atoms with van der Waals surface area (Å²) in [6.45, 7) is -0.303. The van der Waals surface area contributed by atoms with Gasteiger partial charge < -0.3 is 15.0 Å². The Morgan fingerprint density at radius 3 is 2.24 bits per heavy atom. The third-order valence-electron chi connectivity index (χ3n) is 5.41. The highest BCUT2D eigenvalue weighted by atomic mass is 32.2. The molecule has 2 aliphatic heterocycles. The summed E-state index contributed by atoms with van der Waals surface area (Å²) in [6.07, 6.45) is 0.479. The second-order valence-electron chi connectivity index (χ2n) is 7.82. The van der Waals surface area contributed by atoms with Crippen molar-refractivity contribution in [2.45, 2.75) is 23.1 Å². The first-order valence-electron chi connectivity index (χ1n) is 10.1. The molecule has 0 aliphatic carbocycles. The summed E-state index contributed by atoms with van der Waals surface area (Å²) >= 11 is 1.15. The number of β-lactam (4-membered cyclic amide) rings is 1. The number of rotatable bonds is 8. The molecule has 2 aliphatic rings. The summed E-state index contributed by atoms with van der Waals surface area (Å²) in [6, 6.07) is 17.4. The number of carbonyl (C=O) groups is 3. The van der Waals surface area contributed by atoms with E-state index in [1.165, 1.54) is 4.90 Å². The quantitative estimate of drug-likeness (QED) is 0.253. The van der Waals surface area contributed by atoms with Crippen LogP contribution in [0.25, 0.3) is 0 Å². The molecule has 2 saturated heterocycles. The second-order valence-corrected chi connectivity index (χ2v) is 10.5. The molecule has 2 aromatic rings. The molecule has 9 nitrogen and oxygen atoms in total. The number of nitrogens with zero attached hydrogens (tertiary/aromatic N) is 1. The average molecular weight is 491 g/mol. The second kappa shape index (κ2) is 9.16. The molecule has 0 bridgehead atoms. The van der Waals surface area contributed by atoms with Gasteiger partial charge in [0.1, 0.15) is 11.4 Å². The largest absolute Gasteiger partial charge is 0.450 e. The zero-order valence-electron chi connectivity index (χ0n) is 17.6. The third kappa shape index (κ3) is 4.75. The third-order valence-corrected chi connectivity index (χ3v) is 7.54. The molecule has 3 atom stereocenters. The Hall–Kier alpha value is -2.89. The molecule has 0 radical (unpaired) electrons. The fraction of sp³-hybridized carbons (Fsp3) is 0.318. The van der Waals surface area contributed by atoms with Crippen LogP contribution in [0.4, 0.5) is 0 Å². The predicted octanol–water partition coefficient (Wildman–Crippen LogP) is 1.06. The minimum absolute atomic E-state index is 0.0688. The van der Waals surface area contributed by atoms with Gasteiger partial charge in [-0.1, -0.05) is 60.7 Å². The van der Waals surface area contributed by atoms with Crippen molar-refractivity contribution in [2.75, 3.05) is 18.6 Å². The van der Waals surface area contributed by atoms with Crippen LogP contribution in [0.15, 0.2) is 60.7 Å². The van der Waals surface area contributed by atoms with Gasteiger partial charge in [0.05, 0.1) is 12.8 Å². The number of thioether (sulfide) groups is 1. The van der Waals surface area contributed by atoms with Crippen molar-refractivity contribution in [1.29, 1.82) is 0 Å². The van der Waals surface area contributed by atoms with Crippen LogP contribution in [0.5, 0.6) is 0 Å². The summed E-state index contributed by atoms with van der Waals surface area (Å²) < 4.78 is 35.3. The van der Waals surface area contributed by atoms with Gasteiger partial charge in [0, 0.05) is 5.75 Å². The molecule has 33 heavy (non-hydrogen) atoms. The summed E-state index contributed by atoms with van der Waals surface area (Å²) in [5, 5.41) is 2.03. The lowest BCUT2D eigenvalue weighted by Gasteiger charge is -2.53. The molecule has 0 saturated carbocycles. The molecule has 2 amide bonds. The van der Waals surface area contributed by atoms with E-state index in [9.17, 15) is 22.8 Å². The average Bonchev–Trinajstić information content (AvgIpc) is 2.81. The SMILES string of the molecule is CS(=O)(=O)OC1(C(=O)OC(c2ccccc2)c2ccccc2)CS[C@@H]2C(NC=O)C(=O)N2C1. The Labute approximate surface area is 195 Å². The summed E-state index contributed by atoms with van der Waals surface area (Å²) in [5.74, 6) is -1.38. The molecule has 2 aromatic carbocycles. The van der Waals surface area contributed by atoms with E-state index in [-0.39, 0.29) is 12.3 Å². The maximum Gasteiger partial charge on any atom is 0.343 e. The van der Waals surface area contributed by atoms with Gasteiger partial charge in [-0.25, -0.2) is 8.98 Å². The molecule has 4 rings (SSSR count). The number of fused-ring (bicyclic) bond motifs is 1. The van der Waals surface area contributed by atoms with Gasteiger partial charge in [-0.15, -0.1) is 11.8 Å². The van der Waals surface area contributed by atoms with Crippen LogP contribution >= 0.6 is 11.8 Å². The molecule has 1 N–H and O–H groups in total. The Morgan fingerprint density at radius 2 is 1.73 bits per heavy atom. The molecule has 2 heterocycles. The fourth-order valence-corrected chi connectivity index (χ4v) is 6.23. The maximum atomic E-state index is 13.5. The van der Waals surface area contributed by atoms with Crippen molar-refractivity contribution in [3.8, 4) is 0 Å². The van der Waals surface area contributed by atoms with E-state index in [1.54, 1.807) is 24.3 Å². The summed E-state index contributed by atoms with van der Waals surface area (Å²) in [7, 11) is -4.07. The lowest BCUT2D eigenvalue weighted by molar-refractivity contribution is -0.171. The van der Waals surface area contributed by atoms with Crippen molar-refractivity contribution < 1.29 is 31.7 Å². The Kier molecular flexibility index (Phi) is 6.46. The van der Waals surface area contributed by atoms with Crippen LogP contribution in [0.1, 0.15) is 17.2 Å². The number of amides is 2. The van der Waals surface area contributed by atoms with Gasteiger partial charge in [0.25, 0.3) is 10.1 Å². The molecule has 2 fully saturated rings. The van der Waals surface area contributed by atoms with Crippen molar-refractivity contribution >= 4 is 40.2 Å². The minimum Gasteiger partial charge on any atom is -0.450 e. The highest BCUT2D eigenvalue weighted by Gasteiger charge is 2.59. The van der Waals surface area contributed by atoms with Gasteiger partial charge in [-0.2, -0.15) is 8.42 Å². The van der Waals surface area contributed by atoms with Crippen LogP contribution in [0.3, 0.4) is 0 Å². The van der Waals surface area contributed by atoms with E-state index < -0.39 is 45.1 Å². The number of esters is 1. The highest BCUT2D eigenvalue weighted by Crippen LogP contribution is 2.41. The van der Waals surface area contributed by atoms with E-state index in [0.29, 0.717) is 17.5 Å². The first-order valence-corrected chi connectivity index (χ1v) is 12.9. The van der Waals surface area contributed by atoms with Crippen LogP contribution in [-0.4, -0.2) is 67.2 Å². The molecular formula is C22H22N2O7S2. The Bertz CT molecular complexity index is 1100. The Morgan fingerprint density at radius 1 is 1.15 bits per heavy atom. The van der Waals surface area contributed by atoms with Gasteiger partial charge >= 0.3 is 5.97 Å². The smallest absolute Gasteiger partial charge is 0.343 e. The van der Waals surface area contributed by atoms with Crippen LogP contribution in [0, 0.1) is 0 Å². The predicted molar refractivity (Wildman–Crippen MR) is 120 cm³/mol. The molecule has 174 valence electrons. The first kappa shape index (κ1) is 23.3. The number of ether oxygens (including phenoxy) is 1. The molecule has 0 spiro atoms. The zero-order chi connectivity index (χ0) is 23.6. The maximum absolute atomic E-state index is 13.5. The van der Waals surface area contributed by atoms with E-state index in [4.69, 9.17) is 8.92 Å². The van der Waals surface area contributed by atoms with Crippen molar-refractivity contribution in [3.63, 3.8) is 0 Å². The topological polar surface area (TPSA) is 119 Å². The molecule has 2 unspecified atom stereocenters. The summed E-state index contributed by atoms with van der Waals surface area (Å²) in [4.78, 5) is 38.1. The fourth-order valence-electron chi connectivity index (χ4n) is 3.94. The highest BCUT2D eigenvalue weighted by molar-refractivity contribution is 8.00. The van der Waals surface area contributed by atoms with E-state index >= 15 is 0 Å². The number of hydrogen-bond acceptors (Lipinski definition) is 8. The van der Waals surface area contributed by atoms with Gasteiger partial charge in [-0.05, 0) is 11.1 Å². The number of benzene rings is 2. The number of nitrogens with one attached hydrogen (secondary N) is 1. The van der Waals surface area contributed by atoms with Crippen molar-refractivity contribution in [2.24, 2.45) is 0 Å². The van der Waals surface area contributed by atoms with Gasteiger partial charge in [0.15, 0.2) is 6.10 Å². The van der Waals surface area contributed by atoms with Gasteiger partial charge in [0.2, 0.25) is 17.9 Å². The lowest BCUT2D eigenvalue weighted by atomic mass is 9.98. The normalized spacial score (nSPS) is 24.5. The number of hydrogen-bond donors (Lipinski definition) is 1. The number of carbonyl (C=O) groups excluding carboxylic acids is 3. The lowest BCUT2D eigenvalue weighted by Crippen LogP contribution is -2.75. The monoisotopic (exact) mass is 490 g/mol. The Balaban J connectivity index is 1.64. The van der Waals surface area contributed by atoms with Crippen molar-refractivity contribution in [3.05, 3.63) is 71.8 Å². The minimum atomic E-state index is -4.07. The van der Waals surface area contributed by atoms with Gasteiger partial charge in [-0.3, -0.25) is 9.59 Å². The van der Waals surface area contributed by atoms with Crippen LogP contribution in [0.2, 0.25) is 0 Å². The van der Waals surface area contributed by atoms with E-state index in [1.807, 2.05) is 36.4 Å². The van der Waals surface area contributed by atoms with Crippen LogP contribution < -0.4 is 5.32 Å². The van der Waals surface area contributed by atoms with E-state index in [0.717, 1.165) is 18.0 Å². The zero-order valence-corrected chi connectivity index (χ0v) is 19.3. The molecular weight excluding hydrogens is 468 g/mol. The first-order chi connectivity index (χ1) is 15.7. The van der Waals surface area contributed by atoms with Crippen LogP contribution in [-0.2, 0) is 33.4 Å². The molecule has 0 aromatic heterocycles. The molecule has 11 heteroatoms. The van der Waals surface area contributed by atoms with Crippen molar-refractivity contribution in [1.82, 2.24) is 10.2 Å². The standard InChI is InChI=1S/C22H22N2O7S2/c1-33(28,29)31-22(12-24-19(26)17(23-14-25)20(24)32-13-22)21(27)30-18(15-8-4-2-5-9-15)16-10-6-3-7-11-16/h2-11,14,17-18,20H,12-13H2,1H3,(H,23,25)/t17?,20-,22?/m1/s1.